The standard InChI is InChI=1S/C14H9Cl2N3O/c15-9-2-1-3-11(6-9)17-14(20)12-8-19-7-10(16)4-5-13(19)18-12/h1-8H,(H,17,20). The van der Waals surface area contributed by atoms with E-state index in [-0.39, 0.29) is 5.91 Å². The highest BCUT2D eigenvalue weighted by atomic mass is 35.5. The Morgan fingerprint density at radius 3 is 2.75 bits per heavy atom. The number of carbonyl (C=O) groups excluding carboxylic acids is 1. The van der Waals surface area contributed by atoms with Crippen LogP contribution in [0.2, 0.25) is 10.0 Å². The van der Waals surface area contributed by atoms with Crippen molar-refractivity contribution in [3.05, 3.63) is 64.5 Å². The van der Waals surface area contributed by atoms with Gasteiger partial charge in [0.2, 0.25) is 0 Å². The maximum atomic E-state index is 12.1. The van der Waals surface area contributed by atoms with E-state index in [1.165, 1.54) is 0 Å². The second-order valence-electron chi connectivity index (χ2n) is 4.20. The van der Waals surface area contributed by atoms with Gasteiger partial charge in [0, 0.05) is 23.1 Å². The smallest absolute Gasteiger partial charge is 0.275 e. The van der Waals surface area contributed by atoms with Gasteiger partial charge < -0.3 is 9.72 Å². The summed E-state index contributed by atoms with van der Waals surface area (Å²) in [6, 6.07) is 10.4. The van der Waals surface area contributed by atoms with Crippen LogP contribution in [0.1, 0.15) is 10.5 Å². The average molecular weight is 306 g/mol. The van der Waals surface area contributed by atoms with Crippen LogP contribution in [-0.2, 0) is 0 Å². The molecule has 0 aliphatic rings. The van der Waals surface area contributed by atoms with Crippen molar-refractivity contribution >= 4 is 40.4 Å². The Morgan fingerprint density at radius 1 is 1.10 bits per heavy atom. The number of amides is 1. The SMILES string of the molecule is O=C(Nc1cccc(Cl)c1)c1cn2cc(Cl)ccc2n1. The van der Waals surface area contributed by atoms with Crippen molar-refractivity contribution < 1.29 is 4.79 Å². The molecule has 0 unspecified atom stereocenters. The summed E-state index contributed by atoms with van der Waals surface area (Å²) in [6.45, 7) is 0. The number of nitrogens with one attached hydrogen (secondary N) is 1. The first-order valence-corrected chi connectivity index (χ1v) is 6.58. The zero-order chi connectivity index (χ0) is 14.1. The van der Waals surface area contributed by atoms with Crippen LogP contribution in [0, 0.1) is 0 Å². The first-order chi connectivity index (χ1) is 9.61. The van der Waals surface area contributed by atoms with Crippen LogP contribution in [0.3, 0.4) is 0 Å². The van der Waals surface area contributed by atoms with E-state index in [2.05, 4.69) is 10.3 Å². The molecule has 0 radical (unpaired) electrons. The van der Waals surface area contributed by atoms with Crippen LogP contribution in [-0.4, -0.2) is 15.3 Å². The van der Waals surface area contributed by atoms with Gasteiger partial charge in [0.15, 0.2) is 0 Å². The van der Waals surface area contributed by atoms with Crippen LogP contribution >= 0.6 is 23.2 Å². The summed E-state index contributed by atoms with van der Waals surface area (Å²) < 4.78 is 1.70. The van der Waals surface area contributed by atoms with Gasteiger partial charge in [-0.05, 0) is 30.3 Å². The molecule has 0 saturated heterocycles. The van der Waals surface area contributed by atoms with E-state index < -0.39 is 0 Å². The highest BCUT2D eigenvalue weighted by Gasteiger charge is 2.11. The molecule has 0 aliphatic heterocycles. The van der Waals surface area contributed by atoms with E-state index in [0.29, 0.717) is 27.1 Å². The number of rotatable bonds is 2. The number of anilines is 1. The molecule has 0 atom stereocenters. The minimum absolute atomic E-state index is 0.299. The van der Waals surface area contributed by atoms with Gasteiger partial charge in [0.25, 0.3) is 5.91 Å². The van der Waals surface area contributed by atoms with Gasteiger partial charge >= 0.3 is 0 Å². The summed E-state index contributed by atoms with van der Waals surface area (Å²) in [4.78, 5) is 16.3. The van der Waals surface area contributed by atoms with Gasteiger partial charge in [0.05, 0.1) is 5.02 Å². The summed E-state index contributed by atoms with van der Waals surface area (Å²) in [7, 11) is 0. The van der Waals surface area contributed by atoms with Gasteiger partial charge in [-0.25, -0.2) is 4.98 Å². The molecular weight excluding hydrogens is 297 g/mol. The molecule has 3 rings (SSSR count). The van der Waals surface area contributed by atoms with Crippen LogP contribution in [0.25, 0.3) is 5.65 Å². The summed E-state index contributed by atoms with van der Waals surface area (Å²) in [5.74, 6) is -0.299. The molecule has 20 heavy (non-hydrogen) atoms. The van der Waals surface area contributed by atoms with Crippen molar-refractivity contribution in [2.24, 2.45) is 0 Å². The molecule has 0 saturated carbocycles. The number of hydrogen-bond donors (Lipinski definition) is 1. The minimum Gasteiger partial charge on any atom is -0.321 e. The molecule has 1 aromatic carbocycles. The van der Waals surface area contributed by atoms with Gasteiger partial charge in [0.1, 0.15) is 11.3 Å². The van der Waals surface area contributed by atoms with E-state index >= 15 is 0 Å². The fraction of sp³-hybridized carbons (Fsp3) is 0. The summed E-state index contributed by atoms with van der Waals surface area (Å²) >= 11 is 11.8. The Morgan fingerprint density at radius 2 is 1.95 bits per heavy atom. The molecule has 100 valence electrons. The maximum absolute atomic E-state index is 12.1. The van der Waals surface area contributed by atoms with Crippen molar-refractivity contribution in [2.45, 2.75) is 0 Å². The Hall–Kier alpha value is -2.04. The maximum Gasteiger partial charge on any atom is 0.275 e. The van der Waals surface area contributed by atoms with Crippen LogP contribution in [0.4, 0.5) is 5.69 Å². The summed E-state index contributed by atoms with van der Waals surface area (Å²) in [5.41, 5.74) is 1.59. The average Bonchev–Trinajstić information content (AvgIpc) is 2.81. The third kappa shape index (κ3) is 2.61. The highest BCUT2D eigenvalue weighted by molar-refractivity contribution is 6.31. The third-order valence-electron chi connectivity index (χ3n) is 2.73. The van der Waals surface area contributed by atoms with Gasteiger partial charge in [-0.15, -0.1) is 0 Å². The van der Waals surface area contributed by atoms with Gasteiger partial charge in [-0.1, -0.05) is 29.3 Å². The molecule has 2 aromatic heterocycles. The molecule has 2 heterocycles. The number of fused-ring (bicyclic) bond motifs is 1. The number of aromatic nitrogens is 2. The number of halogens is 2. The normalized spacial score (nSPS) is 10.7. The van der Waals surface area contributed by atoms with Crippen LogP contribution in [0.5, 0.6) is 0 Å². The molecular formula is C14H9Cl2N3O. The fourth-order valence-corrected chi connectivity index (χ4v) is 2.19. The van der Waals surface area contributed by atoms with Crippen molar-refractivity contribution in [1.29, 1.82) is 0 Å². The van der Waals surface area contributed by atoms with Crippen molar-refractivity contribution in [3.8, 4) is 0 Å². The number of benzene rings is 1. The number of nitrogens with zero attached hydrogens (tertiary/aromatic N) is 2. The minimum atomic E-state index is -0.299. The summed E-state index contributed by atoms with van der Waals surface area (Å²) in [6.07, 6.45) is 3.32. The van der Waals surface area contributed by atoms with Gasteiger partial charge in [-0.3, -0.25) is 4.79 Å². The number of carbonyl (C=O) groups is 1. The van der Waals surface area contributed by atoms with E-state index in [9.17, 15) is 4.79 Å². The predicted octanol–water partition coefficient (Wildman–Crippen LogP) is 3.89. The Bertz CT molecular complexity index is 798. The third-order valence-corrected chi connectivity index (χ3v) is 3.19. The summed E-state index contributed by atoms with van der Waals surface area (Å²) in [5, 5.41) is 3.88. The van der Waals surface area contributed by atoms with Crippen LogP contribution in [0.15, 0.2) is 48.8 Å². The first kappa shape index (κ1) is 13.0. The fourth-order valence-electron chi connectivity index (χ4n) is 1.84. The van der Waals surface area contributed by atoms with E-state index in [4.69, 9.17) is 23.2 Å². The van der Waals surface area contributed by atoms with Crippen molar-refractivity contribution in [2.75, 3.05) is 5.32 Å². The topological polar surface area (TPSA) is 46.4 Å². The zero-order valence-corrected chi connectivity index (χ0v) is 11.7. The lowest BCUT2D eigenvalue weighted by atomic mass is 10.3. The first-order valence-electron chi connectivity index (χ1n) is 5.83. The zero-order valence-electron chi connectivity index (χ0n) is 10.2. The molecule has 3 aromatic rings. The Balaban J connectivity index is 1.88. The molecule has 0 aliphatic carbocycles. The molecule has 1 N–H and O–H groups in total. The molecule has 0 bridgehead atoms. The number of hydrogen-bond acceptors (Lipinski definition) is 2. The molecule has 1 amide bonds. The largest absolute Gasteiger partial charge is 0.321 e. The second-order valence-corrected chi connectivity index (χ2v) is 5.08. The van der Waals surface area contributed by atoms with Crippen molar-refractivity contribution in [3.63, 3.8) is 0 Å². The van der Waals surface area contributed by atoms with Crippen molar-refractivity contribution in [1.82, 2.24) is 9.38 Å². The predicted molar refractivity (Wildman–Crippen MR) is 79.6 cm³/mol. The van der Waals surface area contributed by atoms with Crippen LogP contribution < -0.4 is 5.32 Å². The lowest BCUT2D eigenvalue weighted by Gasteiger charge is -2.02. The highest BCUT2D eigenvalue weighted by Crippen LogP contribution is 2.16. The lowest BCUT2D eigenvalue weighted by Crippen LogP contribution is -2.12. The van der Waals surface area contributed by atoms with E-state index in [1.54, 1.807) is 53.2 Å². The lowest BCUT2D eigenvalue weighted by molar-refractivity contribution is 0.102. The second kappa shape index (κ2) is 5.15. The Labute approximate surface area is 125 Å². The molecule has 0 spiro atoms. The molecule has 4 nitrogen and oxygen atoms in total. The molecule has 6 heteroatoms. The van der Waals surface area contributed by atoms with E-state index in [1.807, 2.05) is 0 Å². The van der Waals surface area contributed by atoms with E-state index in [0.717, 1.165) is 0 Å². The van der Waals surface area contributed by atoms with Gasteiger partial charge in [-0.2, -0.15) is 0 Å². The Kier molecular flexibility index (Phi) is 3.34. The quantitative estimate of drug-likeness (QED) is 0.780. The number of pyridine rings is 1. The molecule has 0 fully saturated rings. The number of imidazole rings is 1. The monoisotopic (exact) mass is 305 g/mol.